The predicted octanol–water partition coefficient (Wildman–Crippen LogP) is 13.8. The van der Waals surface area contributed by atoms with E-state index in [9.17, 15) is 14.9 Å². The second-order valence-electron chi connectivity index (χ2n) is 17.5. The third-order valence-electron chi connectivity index (χ3n) is 11.6. The first-order chi connectivity index (χ1) is 39.2. The molecule has 0 amide bonds. The summed E-state index contributed by atoms with van der Waals surface area (Å²) in [5, 5.41) is 46.5. The second-order valence-corrected chi connectivity index (χ2v) is 17.5. The number of hydrogen-bond donors (Lipinski definition) is 4. The molecule has 0 bridgehead atoms. The minimum absolute atomic E-state index is 0.137. The van der Waals surface area contributed by atoms with Crippen molar-refractivity contribution >= 4 is 75.8 Å². The van der Waals surface area contributed by atoms with E-state index in [0.29, 0.717) is 74.9 Å². The average Bonchev–Trinajstić information content (AvgIpc) is 4.29. The molecule has 5 N–H and O–H groups in total. The smallest absolute Gasteiger partial charge is 0.269 e. The number of nitro benzene ring substituents is 1. The van der Waals surface area contributed by atoms with Crippen molar-refractivity contribution in [1.82, 2.24) is 29.5 Å². The number of fused-ring (bicyclic) bond motifs is 1. The van der Waals surface area contributed by atoms with Crippen LogP contribution in [0.15, 0.2) is 173 Å². The molecule has 0 radical (unpaired) electrons. The number of hydrogen-bond acceptors (Lipinski definition) is 17. The van der Waals surface area contributed by atoms with Gasteiger partial charge in [-0.3, -0.25) is 19.5 Å². The predicted molar refractivity (Wildman–Crippen MR) is 310 cm³/mol. The lowest BCUT2D eigenvalue weighted by Gasteiger charge is -2.15. The topological polar surface area (TPSA) is 294 Å². The van der Waals surface area contributed by atoms with Gasteiger partial charge in [-0.2, -0.15) is 25.8 Å². The van der Waals surface area contributed by atoms with Crippen LogP contribution in [0.1, 0.15) is 62.0 Å². The molecule has 0 atom stereocenters. The standard InChI is InChI=1S/C27H19N7O.C23H21N7.C6H5NO2.C5H4O2/c1-17-13-20(10-11-29-3)14-18(2)24(17)34-25-22(32-26(34)23-5-4-12-35-23)16-30-27(33-25)31-21-8-6-19(15-28)7-9-21;1-14(11-24)8-18-9-15(2)21(16(3)10-18)29-22-20(26)13-27-23(30-22)28-19-6-4-17(12-25)5-7-19;8-7(9)6-4-2-1-3-5-6;6-4-5-2-1-3-7-5/h4-14,16H,1-2H3,(H,30,31,33);4-10,13H,26H2,1-3H3,(H2,27,28,29,30);1-5H;1-4H/b11-10+;14-8+;;. The number of rotatable bonds is 12. The molecule has 20 heteroatoms. The fourth-order valence-corrected chi connectivity index (χ4v) is 7.93. The molecule has 0 fully saturated rings. The lowest BCUT2D eigenvalue weighted by Crippen LogP contribution is -2.06. The number of imidazole rings is 1. The van der Waals surface area contributed by atoms with Gasteiger partial charge >= 0.3 is 0 Å². The highest BCUT2D eigenvalue weighted by molar-refractivity contribution is 5.81. The van der Waals surface area contributed by atoms with Crippen molar-refractivity contribution in [1.29, 1.82) is 15.8 Å². The molecular formula is C61H49N15O5. The van der Waals surface area contributed by atoms with Crippen molar-refractivity contribution in [2.75, 3.05) is 21.7 Å². The number of non-ortho nitro benzene ring substituents is 1. The number of nitrogens with two attached hydrogens (primary N) is 1. The Kier molecular flexibility index (Phi) is 19.0. The van der Waals surface area contributed by atoms with Crippen LogP contribution in [0.25, 0.3) is 45.4 Å². The van der Waals surface area contributed by atoms with Crippen molar-refractivity contribution < 1.29 is 18.6 Å². The minimum Gasteiger partial charge on any atom is -0.462 e. The van der Waals surface area contributed by atoms with Crippen molar-refractivity contribution in [3.05, 3.63) is 236 Å². The van der Waals surface area contributed by atoms with Gasteiger partial charge in [-0.05, 0) is 159 Å². The summed E-state index contributed by atoms with van der Waals surface area (Å²) in [7, 11) is 0. The highest BCUT2D eigenvalue weighted by Crippen LogP contribution is 2.33. The van der Waals surface area contributed by atoms with Crippen molar-refractivity contribution in [2.24, 2.45) is 0 Å². The van der Waals surface area contributed by atoms with E-state index in [4.69, 9.17) is 42.5 Å². The van der Waals surface area contributed by atoms with Gasteiger partial charge in [0.15, 0.2) is 41.3 Å². The molecular weight excluding hydrogens is 1020 g/mol. The van der Waals surface area contributed by atoms with Crippen LogP contribution in [0, 0.1) is 78.4 Å². The Morgan fingerprint density at radius 3 is 1.81 bits per heavy atom. The van der Waals surface area contributed by atoms with Crippen LogP contribution in [0.4, 0.5) is 46.2 Å². The maximum Gasteiger partial charge on any atom is 0.269 e. The van der Waals surface area contributed by atoms with Crippen LogP contribution in [-0.2, 0) is 0 Å². The minimum atomic E-state index is -0.417. The molecule has 5 aromatic carbocycles. The molecule has 10 rings (SSSR count). The third-order valence-corrected chi connectivity index (χ3v) is 11.6. The van der Waals surface area contributed by atoms with Gasteiger partial charge in [0.1, 0.15) is 5.52 Å². The van der Waals surface area contributed by atoms with Crippen molar-refractivity contribution in [3.8, 4) is 35.5 Å². The monoisotopic (exact) mass is 1070 g/mol. The number of nitro groups is 1. The van der Waals surface area contributed by atoms with Crippen LogP contribution in [0.3, 0.4) is 0 Å². The lowest BCUT2D eigenvalue weighted by atomic mass is 10.0. The average molecular weight is 1070 g/mol. The Hall–Kier alpha value is -12.0. The Bertz CT molecular complexity index is 4020. The number of nitriles is 3. The Balaban J connectivity index is 0.000000184. The quantitative estimate of drug-likeness (QED) is 0.0291. The number of benzene rings is 5. The maximum atomic E-state index is 10.0. The molecule has 0 spiro atoms. The summed E-state index contributed by atoms with van der Waals surface area (Å²) in [6.07, 6.45) is 12.0. The van der Waals surface area contributed by atoms with E-state index in [1.807, 2.05) is 74.7 Å². The summed E-state index contributed by atoms with van der Waals surface area (Å²) >= 11 is 0. The first-order valence-corrected chi connectivity index (χ1v) is 24.5. The van der Waals surface area contributed by atoms with Crippen LogP contribution in [0.2, 0.25) is 0 Å². The largest absolute Gasteiger partial charge is 0.462 e. The first-order valence-electron chi connectivity index (χ1n) is 24.5. The van der Waals surface area contributed by atoms with Crippen LogP contribution >= 0.6 is 0 Å². The Morgan fingerprint density at radius 2 is 1.31 bits per heavy atom. The van der Waals surface area contributed by atoms with Gasteiger partial charge in [-0.1, -0.05) is 36.4 Å². The van der Waals surface area contributed by atoms with E-state index in [2.05, 4.69) is 58.4 Å². The van der Waals surface area contributed by atoms with Gasteiger partial charge in [0.2, 0.25) is 11.9 Å². The van der Waals surface area contributed by atoms with E-state index in [-0.39, 0.29) is 5.69 Å². The van der Waals surface area contributed by atoms with Gasteiger partial charge in [0.05, 0.1) is 77.1 Å². The van der Waals surface area contributed by atoms with E-state index in [0.717, 1.165) is 56.1 Å². The first kappa shape index (κ1) is 56.7. The number of aryl methyl sites for hydroxylation is 4. The van der Waals surface area contributed by atoms with Crippen LogP contribution < -0.4 is 21.7 Å². The SMILES string of the molecule is C/C(C#N)=C\c1cc(C)c(Nc2nc(Nc3ccc(C#N)cc3)ncc2N)c(C)c1.O=Cc1ccco1.O=[N+]([O-])c1ccccc1.[C-]#[N+]/C=C/c1cc(C)c(-n2c(-c3ccco3)nc3cnc(Nc4ccc(C#N)cc4)nc32)c(C)c1. The molecule has 0 aliphatic rings. The molecule has 81 heavy (non-hydrogen) atoms. The summed E-state index contributed by atoms with van der Waals surface area (Å²) in [6.45, 7) is 16.8. The fourth-order valence-electron chi connectivity index (χ4n) is 7.93. The number of aromatic nitrogens is 6. The number of nitrogens with zero attached hydrogens (tertiary/aromatic N) is 11. The fraction of sp³-hybridized carbons (Fsp3) is 0.0820. The van der Waals surface area contributed by atoms with Gasteiger partial charge in [0, 0.05) is 34.8 Å². The number of carbonyl (C=O) groups is 1. The molecule has 5 aromatic heterocycles. The molecule has 0 saturated heterocycles. The third kappa shape index (κ3) is 15.1. The molecule has 0 aliphatic carbocycles. The molecule has 398 valence electrons. The highest BCUT2D eigenvalue weighted by atomic mass is 16.6. The zero-order valence-electron chi connectivity index (χ0n) is 44.3. The summed E-state index contributed by atoms with van der Waals surface area (Å²) in [4.78, 5) is 45.4. The molecule has 10 aromatic rings. The number of nitrogen functional groups attached to an aromatic ring is 1. The second kappa shape index (κ2) is 27.2. The zero-order valence-corrected chi connectivity index (χ0v) is 44.3. The van der Waals surface area contributed by atoms with Gasteiger partial charge < -0.3 is 30.5 Å². The van der Waals surface area contributed by atoms with Gasteiger partial charge in [0.25, 0.3) is 5.69 Å². The zero-order chi connectivity index (χ0) is 57.8. The number of anilines is 7. The Labute approximate surface area is 465 Å². The van der Waals surface area contributed by atoms with E-state index in [1.54, 1.807) is 111 Å². The summed E-state index contributed by atoms with van der Waals surface area (Å²) in [5.41, 5.74) is 19.0. The van der Waals surface area contributed by atoms with Crippen molar-refractivity contribution in [3.63, 3.8) is 0 Å². The number of carbonyl (C=O) groups excluding carboxylic acids is 1. The molecule has 0 unspecified atom stereocenters. The number of para-hydroxylation sites is 1. The number of nitrogens with one attached hydrogen (secondary N) is 3. The summed E-state index contributed by atoms with van der Waals surface area (Å²) < 4.78 is 12.3. The van der Waals surface area contributed by atoms with Crippen LogP contribution in [-0.4, -0.2) is 40.7 Å². The van der Waals surface area contributed by atoms with Crippen molar-refractivity contribution in [2.45, 2.75) is 34.6 Å². The van der Waals surface area contributed by atoms with Gasteiger partial charge in [-0.15, -0.1) is 0 Å². The molecule has 0 aliphatic heterocycles. The summed E-state index contributed by atoms with van der Waals surface area (Å²) in [6, 6.07) is 43.4. The highest BCUT2D eigenvalue weighted by Gasteiger charge is 2.21. The number of furan rings is 2. The number of aldehydes is 1. The van der Waals surface area contributed by atoms with E-state index < -0.39 is 4.92 Å². The summed E-state index contributed by atoms with van der Waals surface area (Å²) in [5.74, 6) is 2.88. The normalized spacial score (nSPS) is 10.5. The van der Waals surface area contributed by atoms with E-state index in [1.165, 1.54) is 24.6 Å². The molecule has 5 heterocycles. The van der Waals surface area contributed by atoms with Crippen LogP contribution in [0.5, 0.6) is 0 Å². The number of allylic oxidation sites excluding steroid dienone is 1. The lowest BCUT2D eigenvalue weighted by molar-refractivity contribution is -0.384. The molecule has 20 nitrogen and oxygen atoms in total. The Morgan fingerprint density at radius 1 is 0.728 bits per heavy atom. The van der Waals surface area contributed by atoms with Gasteiger partial charge in [-0.25, -0.2) is 19.8 Å². The molecule has 0 saturated carbocycles. The maximum absolute atomic E-state index is 10.0. The van der Waals surface area contributed by atoms with E-state index >= 15 is 0 Å².